The smallest absolute Gasteiger partial charge is 0.335 e. The van der Waals surface area contributed by atoms with Gasteiger partial charge in [0.15, 0.2) is 5.76 Å². The summed E-state index contributed by atoms with van der Waals surface area (Å²) < 4.78 is 4.93. The first kappa shape index (κ1) is 12.1. The van der Waals surface area contributed by atoms with Crippen LogP contribution in [-0.4, -0.2) is 21.2 Å². The molecule has 2 aromatic heterocycles. The predicted octanol–water partition coefficient (Wildman–Crippen LogP) is 1.94. The second-order valence-corrected chi connectivity index (χ2v) is 3.72. The van der Waals surface area contributed by atoms with Gasteiger partial charge in [0, 0.05) is 11.8 Å². The number of carboxylic acids is 1. The van der Waals surface area contributed by atoms with E-state index < -0.39 is 5.97 Å². The van der Waals surface area contributed by atoms with Crippen LogP contribution in [0, 0.1) is 0 Å². The van der Waals surface area contributed by atoms with Crippen molar-refractivity contribution in [1.29, 1.82) is 0 Å². The molecule has 0 amide bonds. The van der Waals surface area contributed by atoms with Crippen LogP contribution in [0.3, 0.4) is 0 Å². The third-order valence-electron chi connectivity index (χ3n) is 2.42. The Morgan fingerprint density at radius 3 is 2.94 bits per heavy atom. The maximum atomic E-state index is 11.0. The number of aromatic nitrogens is 2. The van der Waals surface area contributed by atoms with Crippen LogP contribution >= 0.6 is 0 Å². The lowest BCUT2D eigenvalue weighted by molar-refractivity contribution is 0.0696. The molecule has 0 aliphatic rings. The van der Waals surface area contributed by atoms with E-state index in [1.54, 1.807) is 18.3 Å². The summed E-state index contributed by atoms with van der Waals surface area (Å²) in [5.74, 6) is 0.216. The van der Waals surface area contributed by atoms with Crippen LogP contribution < -0.4 is 5.32 Å². The summed E-state index contributed by atoms with van der Waals surface area (Å²) in [7, 11) is 0. The van der Waals surface area contributed by atoms with Crippen LogP contribution in [0.4, 0.5) is 5.82 Å². The number of hydrogen-bond donors (Lipinski definition) is 2. The van der Waals surface area contributed by atoms with E-state index in [9.17, 15) is 4.79 Å². The molecule has 0 saturated carbocycles. The van der Waals surface area contributed by atoms with Gasteiger partial charge in [-0.3, -0.25) is 0 Å². The van der Waals surface area contributed by atoms with E-state index in [-0.39, 0.29) is 5.56 Å². The Morgan fingerprint density at radius 2 is 2.33 bits per heavy atom. The summed E-state index contributed by atoms with van der Waals surface area (Å²) in [5.41, 5.74) is 0.955. The molecule has 0 atom stereocenters. The molecule has 0 bridgehead atoms. The first-order valence-corrected chi connectivity index (χ1v) is 5.56. The summed E-state index contributed by atoms with van der Waals surface area (Å²) in [6.07, 6.45) is 2.23. The SMILES string of the molecule is CCc1cc(C(=O)O)cc(NCc2ccno2)n1. The molecular weight excluding hydrogens is 234 g/mol. The van der Waals surface area contributed by atoms with Gasteiger partial charge in [-0.05, 0) is 18.6 Å². The number of pyridine rings is 1. The number of rotatable bonds is 5. The summed E-state index contributed by atoms with van der Waals surface area (Å²) in [5, 5.41) is 15.6. The van der Waals surface area contributed by atoms with E-state index in [0.29, 0.717) is 24.5 Å². The van der Waals surface area contributed by atoms with Gasteiger partial charge < -0.3 is 14.9 Å². The Bertz CT molecular complexity index is 538. The van der Waals surface area contributed by atoms with Gasteiger partial charge in [0.25, 0.3) is 0 Å². The standard InChI is InChI=1S/C12H13N3O3/c1-2-9-5-8(12(16)17)6-11(15-9)13-7-10-3-4-14-18-10/h3-6H,2,7H2,1H3,(H,13,15)(H,16,17). The van der Waals surface area contributed by atoms with Gasteiger partial charge >= 0.3 is 5.97 Å². The maximum absolute atomic E-state index is 11.0. The maximum Gasteiger partial charge on any atom is 0.335 e. The minimum Gasteiger partial charge on any atom is -0.478 e. The highest BCUT2D eigenvalue weighted by Crippen LogP contribution is 2.12. The minimum absolute atomic E-state index is 0.224. The van der Waals surface area contributed by atoms with Crippen LogP contribution in [-0.2, 0) is 13.0 Å². The third kappa shape index (κ3) is 2.85. The largest absolute Gasteiger partial charge is 0.478 e. The van der Waals surface area contributed by atoms with Gasteiger partial charge in [-0.15, -0.1) is 0 Å². The number of carbonyl (C=O) groups is 1. The second kappa shape index (κ2) is 5.31. The van der Waals surface area contributed by atoms with Gasteiger partial charge in [0.2, 0.25) is 0 Å². The average molecular weight is 247 g/mol. The van der Waals surface area contributed by atoms with E-state index in [2.05, 4.69) is 15.5 Å². The second-order valence-electron chi connectivity index (χ2n) is 3.72. The molecule has 6 nitrogen and oxygen atoms in total. The zero-order valence-electron chi connectivity index (χ0n) is 9.88. The molecule has 0 aromatic carbocycles. The molecule has 2 rings (SSSR count). The van der Waals surface area contributed by atoms with Crippen LogP contribution in [0.1, 0.15) is 28.7 Å². The number of aromatic carboxylic acids is 1. The van der Waals surface area contributed by atoms with Crippen molar-refractivity contribution in [3.05, 3.63) is 41.4 Å². The van der Waals surface area contributed by atoms with Gasteiger partial charge in [0.05, 0.1) is 18.3 Å². The Kier molecular flexibility index (Phi) is 3.57. The fourth-order valence-electron chi connectivity index (χ4n) is 1.49. The molecular formula is C12H13N3O3. The van der Waals surface area contributed by atoms with Gasteiger partial charge in [-0.25, -0.2) is 9.78 Å². The fourth-order valence-corrected chi connectivity index (χ4v) is 1.49. The lowest BCUT2D eigenvalue weighted by Crippen LogP contribution is -2.06. The van der Waals surface area contributed by atoms with Gasteiger partial charge in [-0.2, -0.15) is 0 Å². The summed E-state index contributed by atoms with van der Waals surface area (Å²) >= 11 is 0. The molecule has 2 aromatic rings. The molecule has 94 valence electrons. The Labute approximate surface area is 104 Å². The number of hydrogen-bond acceptors (Lipinski definition) is 5. The number of carboxylic acid groups (broad SMARTS) is 1. The van der Waals surface area contributed by atoms with Crippen molar-refractivity contribution in [2.24, 2.45) is 0 Å². The minimum atomic E-state index is -0.963. The molecule has 0 unspecified atom stereocenters. The molecule has 0 spiro atoms. The van der Waals surface area contributed by atoms with Crippen LogP contribution in [0.2, 0.25) is 0 Å². The molecule has 6 heteroatoms. The first-order chi connectivity index (χ1) is 8.69. The summed E-state index contributed by atoms with van der Waals surface area (Å²) in [6, 6.07) is 4.80. The van der Waals surface area contributed by atoms with Crippen molar-refractivity contribution < 1.29 is 14.4 Å². The third-order valence-corrected chi connectivity index (χ3v) is 2.42. The highest BCUT2D eigenvalue weighted by Gasteiger charge is 2.08. The number of nitrogens with zero attached hydrogens (tertiary/aromatic N) is 2. The number of anilines is 1. The van der Waals surface area contributed by atoms with Crippen LogP contribution in [0.15, 0.2) is 28.9 Å². The Morgan fingerprint density at radius 1 is 1.50 bits per heavy atom. The number of nitrogens with one attached hydrogen (secondary N) is 1. The zero-order chi connectivity index (χ0) is 13.0. The number of aryl methyl sites for hydroxylation is 1. The van der Waals surface area contributed by atoms with Crippen molar-refractivity contribution in [1.82, 2.24) is 10.1 Å². The predicted molar refractivity (Wildman–Crippen MR) is 64.4 cm³/mol. The monoisotopic (exact) mass is 247 g/mol. The molecule has 0 saturated heterocycles. The highest BCUT2D eigenvalue weighted by atomic mass is 16.5. The topological polar surface area (TPSA) is 88.2 Å². The van der Waals surface area contributed by atoms with Crippen LogP contribution in [0.5, 0.6) is 0 Å². The molecule has 0 fully saturated rings. The van der Waals surface area contributed by atoms with E-state index in [1.165, 1.54) is 6.07 Å². The zero-order valence-corrected chi connectivity index (χ0v) is 9.88. The lowest BCUT2D eigenvalue weighted by atomic mass is 10.2. The Hall–Kier alpha value is -2.37. The van der Waals surface area contributed by atoms with E-state index >= 15 is 0 Å². The quantitative estimate of drug-likeness (QED) is 0.839. The molecule has 2 N–H and O–H groups in total. The summed E-state index contributed by atoms with van der Waals surface area (Å²) in [4.78, 5) is 15.3. The highest BCUT2D eigenvalue weighted by molar-refractivity contribution is 5.88. The van der Waals surface area contributed by atoms with Crippen molar-refractivity contribution in [2.45, 2.75) is 19.9 Å². The van der Waals surface area contributed by atoms with Crippen LogP contribution in [0.25, 0.3) is 0 Å². The van der Waals surface area contributed by atoms with E-state index in [1.807, 2.05) is 6.92 Å². The molecule has 0 aliphatic carbocycles. The Balaban J connectivity index is 2.16. The molecule has 18 heavy (non-hydrogen) atoms. The van der Waals surface area contributed by atoms with Crippen molar-refractivity contribution in [3.8, 4) is 0 Å². The summed E-state index contributed by atoms with van der Waals surface area (Å²) in [6.45, 7) is 2.34. The van der Waals surface area contributed by atoms with Crippen molar-refractivity contribution in [3.63, 3.8) is 0 Å². The normalized spacial score (nSPS) is 10.3. The fraction of sp³-hybridized carbons (Fsp3) is 0.250. The molecule has 0 aliphatic heterocycles. The molecule has 2 heterocycles. The van der Waals surface area contributed by atoms with Gasteiger partial charge in [-0.1, -0.05) is 12.1 Å². The van der Waals surface area contributed by atoms with E-state index in [0.717, 1.165) is 5.69 Å². The average Bonchev–Trinajstić information content (AvgIpc) is 2.89. The van der Waals surface area contributed by atoms with E-state index in [4.69, 9.17) is 9.63 Å². The van der Waals surface area contributed by atoms with Crippen molar-refractivity contribution in [2.75, 3.05) is 5.32 Å². The first-order valence-electron chi connectivity index (χ1n) is 5.56. The van der Waals surface area contributed by atoms with Gasteiger partial charge in [0.1, 0.15) is 5.82 Å². The van der Waals surface area contributed by atoms with Crippen molar-refractivity contribution >= 4 is 11.8 Å². The lowest BCUT2D eigenvalue weighted by Gasteiger charge is -2.06. The molecule has 0 radical (unpaired) electrons.